The molecule has 0 spiro atoms. The van der Waals surface area contributed by atoms with Crippen LogP contribution in [0.25, 0.3) is 0 Å². The van der Waals surface area contributed by atoms with Gasteiger partial charge in [0, 0.05) is 13.2 Å². The number of hydrogen-bond acceptors (Lipinski definition) is 3. The van der Waals surface area contributed by atoms with Crippen molar-refractivity contribution in [3.8, 4) is 0 Å². The molecule has 1 aromatic carbocycles. The van der Waals surface area contributed by atoms with Crippen LogP contribution in [0.4, 0.5) is 8.78 Å². The first kappa shape index (κ1) is 19.0. The largest absolute Gasteiger partial charge is 0.383 e. The van der Waals surface area contributed by atoms with Crippen LogP contribution in [-0.4, -0.2) is 37.6 Å². The number of methoxy groups -OCH3 is 1. The van der Waals surface area contributed by atoms with Gasteiger partial charge in [0.25, 0.3) is 5.91 Å². The predicted molar refractivity (Wildman–Crippen MR) is 81.9 cm³/mol. The minimum absolute atomic E-state index is 0.254. The van der Waals surface area contributed by atoms with Gasteiger partial charge in [-0.05, 0) is 25.0 Å². The molecular weight excluding hydrogens is 306 g/mol. The summed E-state index contributed by atoms with van der Waals surface area (Å²) in [5.41, 5.74) is -0.698. The molecule has 0 aliphatic rings. The maximum absolute atomic E-state index is 13.6. The molecule has 23 heavy (non-hydrogen) atoms. The second-order valence-corrected chi connectivity index (χ2v) is 5.66. The molecule has 1 rings (SSSR count). The quantitative estimate of drug-likeness (QED) is 0.803. The number of ether oxygens (including phenoxy) is 1. The Hall–Kier alpha value is -2.02. The molecule has 128 valence electrons. The Kier molecular flexibility index (Phi) is 7.09. The minimum Gasteiger partial charge on any atom is -0.383 e. The van der Waals surface area contributed by atoms with Crippen LogP contribution in [0.3, 0.4) is 0 Å². The second-order valence-electron chi connectivity index (χ2n) is 5.66. The van der Waals surface area contributed by atoms with Gasteiger partial charge in [-0.3, -0.25) is 9.59 Å². The summed E-state index contributed by atoms with van der Waals surface area (Å²) in [5, 5.41) is 5.07. The van der Waals surface area contributed by atoms with Crippen molar-refractivity contribution in [2.75, 3.05) is 13.7 Å². The lowest BCUT2D eigenvalue weighted by molar-refractivity contribution is -0.124. The molecule has 0 aliphatic carbocycles. The SMILES string of the molecule is COCC(C)NC(=O)C(NC(=O)c1c(F)cccc1F)C(C)C. The van der Waals surface area contributed by atoms with Gasteiger partial charge in [0.2, 0.25) is 5.91 Å². The van der Waals surface area contributed by atoms with Crippen molar-refractivity contribution in [2.24, 2.45) is 5.92 Å². The maximum atomic E-state index is 13.6. The predicted octanol–water partition coefficient (Wildman–Crippen LogP) is 1.87. The fraction of sp³-hybridized carbons (Fsp3) is 0.500. The van der Waals surface area contributed by atoms with Crippen LogP contribution >= 0.6 is 0 Å². The highest BCUT2D eigenvalue weighted by atomic mass is 19.1. The van der Waals surface area contributed by atoms with E-state index >= 15 is 0 Å². The summed E-state index contributed by atoms with van der Waals surface area (Å²) >= 11 is 0. The molecule has 2 atom stereocenters. The molecule has 7 heteroatoms. The summed E-state index contributed by atoms with van der Waals surface area (Å²) in [6, 6.07) is 1.98. The van der Waals surface area contributed by atoms with Gasteiger partial charge in [-0.15, -0.1) is 0 Å². The molecule has 0 heterocycles. The second kappa shape index (κ2) is 8.57. The fourth-order valence-corrected chi connectivity index (χ4v) is 2.09. The van der Waals surface area contributed by atoms with Gasteiger partial charge in [0.15, 0.2) is 0 Å². The Morgan fingerprint density at radius 1 is 1.13 bits per heavy atom. The van der Waals surface area contributed by atoms with Crippen molar-refractivity contribution in [3.63, 3.8) is 0 Å². The summed E-state index contributed by atoms with van der Waals surface area (Å²) in [7, 11) is 1.51. The summed E-state index contributed by atoms with van der Waals surface area (Å²) in [4.78, 5) is 24.4. The molecular formula is C16H22F2N2O3. The van der Waals surface area contributed by atoms with Crippen LogP contribution in [0.5, 0.6) is 0 Å². The zero-order valence-corrected chi connectivity index (χ0v) is 13.7. The highest BCUT2D eigenvalue weighted by Crippen LogP contribution is 2.13. The molecule has 0 radical (unpaired) electrons. The average Bonchev–Trinajstić information content (AvgIpc) is 2.44. The van der Waals surface area contributed by atoms with Crippen molar-refractivity contribution in [1.29, 1.82) is 0 Å². The van der Waals surface area contributed by atoms with E-state index in [0.29, 0.717) is 6.61 Å². The van der Waals surface area contributed by atoms with E-state index in [1.54, 1.807) is 20.8 Å². The molecule has 5 nitrogen and oxygen atoms in total. The lowest BCUT2D eigenvalue weighted by Gasteiger charge is -2.24. The third-order valence-corrected chi connectivity index (χ3v) is 3.23. The number of amides is 2. The van der Waals surface area contributed by atoms with Gasteiger partial charge in [-0.1, -0.05) is 19.9 Å². The number of hydrogen-bond donors (Lipinski definition) is 2. The van der Waals surface area contributed by atoms with Gasteiger partial charge < -0.3 is 15.4 Å². The lowest BCUT2D eigenvalue weighted by Crippen LogP contribution is -2.52. The molecule has 0 saturated carbocycles. The standard InChI is InChI=1S/C16H22F2N2O3/c1-9(2)14(16(22)19-10(3)8-23-4)20-15(21)13-11(17)6-5-7-12(13)18/h5-7,9-10,14H,8H2,1-4H3,(H,19,22)(H,20,21). The maximum Gasteiger partial charge on any atom is 0.257 e. The van der Waals surface area contributed by atoms with Crippen LogP contribution in [0, 0.1) is 17.6 Å². The summed E-state index contributed by atoms with van der Waals surface area (Å²) in [5.74, 6) is -3.61. The lowest BCUT2D eigenvalue weighted by atomic mass is 10.0. The first-order chi connectivity index (χ1) is 10.8. The highest BCUT2D eigenvalue weighted by molar-refractivity contribution is 5.98. The number of halogens is 2. The third kappa shape index (κ3) is 5.28. The van der Waals surface area contributed by atoms with Gasteiger partial charge in [0.05, 0.1) is 6.61 Å². The molecule has 2 amide bonds. The van der Waals surface area contributed by atoms with E-state index in [1.165, 1.54) is 13.2 Å². The zero-order chi connectivity index (χ0) is 17.6. The van der Waals surface area contributed by atoms with Crippen LogP contribution in [-0.2, 0) is 9.53 Å². The molecule has 2 unspecified atom stereocenters. The monoisotopic (exact) mass is 328 g/mol. The average molecular weight is 328 g/mol. The van der Waals surface area contributed by atoms with E-state index < -0.39 is 35.1 Å². The Morgan fingerprint density at radius 3 is 2.17 bits per heavy atom. The van der Waals surface area contributed by atoms with Gasteiger partial charge in [-0.2, -0.15) is 0 Å². The van der Waals surface area contributed by atoms with Crippen LogP contribution in [0.2, 0.25) is 0 Å². The van der Waals surface area contributed by atoms with Crippen molar-refractivity contribution in [3.05, 3.63) is 35.4 Å². The molecule has 0 fully saturated rings. The molecule has 0 bridgehead atoms. The van der Waals surface area contributed by atoms with E-state index in [1.807, 2.05) is 0 Å². The first-order valence-corrected chi connectivity index (χ1v) is 7.32. The van der Waals surface area contributed by atoms with E-state index in [-0.39, 0.29) is 12.0 Å². The van der Waals surface area contributed by atoms with Crippen molar-refractivity contribution in [2.45, 2.75) is 32.9 Å². The molecule has 0 saturated heterocycles. The molecule has 2 N–H and O–H groups in total. The zero-order valence-electron chi connectivity index (χ0n) is 13.7. The summed E-state index contributed by atoms with van der Waals surface area (Å²) < 4.78 is 32.2. The molecule has 0 aromatic heterocycles. The Labute approximate surface area is 134 Å². The third-order valence-electron chi connectivity index (χ3n) is 3.23. The molecule has 0 aliphatic heterocycles. The normalized spacial score (nSPS) is 13.5. The number of benzene rings is 1. The Bertz CT molecular complexity index is 544. The molecule has 1 aromatic rings. The number of nitrogens with one attached hydrogen (secondary N) is 2. The topological polar surface area (TPSA) is 67.4 Å². The van der Waals surface area contributed by atoms with Crippen LogP contribution in [0.15, 0.2) is 18.2 Å². The Morgan fingerprint density at radius 2 is 1.70 bits per heavy atom. The van der Waals surface area contributed by atoms with E-state index in [0.717, 1.165) is 12.1 Å². The van der Waals surface area contributed by atoms with Gasteiger partial charge >= 0.3 is 0 Å². The number of rotatable bonds is 7. The first-order valence-electron chi connectivity index (χ1n) is 7.32. The minimum atomic E-state index is -0.974. The van der Waals surface area contributed by atoms with Gasteiger partial charge in [0.1, 0.15) is 23.2 Å². The number of carbonyl (C=O) groups is 2. The number of carbonyl (C=O) groups excluding carboxylic acids is 2. The van der Waals surface area contributed by atoms with E-state index in [4.69, 9.17) is 4.74 Å². The van der Waals surface area contributed by atoms with Crippen LogP contribution in [0.1, 0.15) is 31.1 Å². The smallest absolute Gasteiger partial charge is 0.257 e. The summed E-state index contributed by atoms with van der Waals surface area (Å²) in [6.07, 6.45) is 0. The highest BCUT2D eigenvalue weighted by Gasteiger charge is 2.27. The van der Waals surface area contributed by atoms with E-state index in [2.05, 4.69) is 10.6 Å². The fourth-order valence-electron chi connectivity index (χ4n) is 2.09. The van der Waals surface area contributed by atoms with Crippen molar-refractivity contribution >= 4 is 11.8 Å². The van der Waals surface area contributed by atoms with Crippen molar-refractivity contribution in [1.82, 2.24) is 10.6 Å². The Balaban J connectivity index is 2.87. The van der Waals surface area contributed by atoms with Gasteiger partial charge in [-0.25, -0.2) is 8.78 Å². The van der Waals surface area contributed by atoms with Crippen LogP contribution < -0.4 is 10.6 Å². The van der Waals surface area contributed by atoms with Crippen molar-refractivity contribution < 1.29 is 23.1 Å². The van der Waals surface area contributed by atoms with E-state index in [9.17, 15) is 18.4 Å². The summed E-state index contributed by atoms with van der Waals surface area (Å²) in [6.45, 7) is 5.51.